The van der Waals surface area contributed by atoms with Crippen molar-refractivity contribution in [3.05, 3.63) is 82.2 Å². The molecule has 4 aromatic rings. The average molecular weight is 564 g/mol. The van der Waals surface area contributed by atoms with Crippen LogP contribution in [0.5, 0.6) is 0 Å². The minimum Gasteiger partial charge on any atom is -0.381 e. The van der Waals surface area contributed by atoms with E-state index in [-0.39, 0.29) is 17.9 Å². The van der Waals surface area contributed by atoms with Crippen LogP contribution in [0.25, 0.3) is 11.0 Å². The number of aromatic nitrogens is 3. The van der Waals surface area contributed by atoms with Gasteiger partial charge >= 0.3 is 0 Å². The van der Waals surface area contributed by atoms with E-state index in [0.29, 0.717) is 36.1 Å². The average Bonchev–Trinajstić information content (AvgIpc) is 3.42. The van der Waals surface area contributed by atoms with Gasteiger partial charge in [-0.25, -0.2) is 9.67 Å². The van der Waals surface area contributed by atoms with Crippen molar-refractivity contribution >= 4 is 41.8 Å². The maximum atomic E-state index is 13.3. The molecule has 1 aliphatic rings. The highest BCUT2D eigenvalue weighted by Crippen LogP contribution is 2.31. The Bertz CT molecular complexity index is 1570. The van der Waals surface area contributed by atoms with Crippen molar-refractivity contribution in [2.75, 3.05) is 18.5 Å². The van der Waals surface area contributed by atoms with Gasteiger partial charge in [-0.15, -0.1) is 0 Å². The molecule has 2 aromatic carbocycles. The van der Waals surface area contributed by atoms with Gasteiger partial charge in [0.2, 0.25) is 0 Å². The third-order valence-electron chi connectivity index (χ3n) is 7.60. The first-order chi connectivity index (χ1) is 20.4. The lowest BCUT2D eigenvalue weighted by atomic mass is 9.92. The SMILES string of the molecule is [B]c1cc(C)cc(CNC(=O)c2cccc(C(=O)NCc3c(CC)nc4c(cnn4CC)c3NC3CCOCC3)c2)c1. The molecule has 9 nitrogen and oxygen atoms in total. The Kier molecular flexibility index (Phi) is 9.22. The number of aryl methyl sites for hydroxylation is 3. The number of carbonyl (C=O) groups excluding carboxylic acids is 2. The van der Waals surface area contributed by atoms with Gasteiger partial charge in [-0.05, 0) is 56.9 Å². The topological polar surface area (TPSA) is 110 Å². The monoisotopic (exact) mass is 564 g/mol. The fourth-order valence-electron chi connectivity index (χ4n) is 5.45. The number of anilines is 1. The largest absolute Gasteiger partial charge is 0.381 e. The molecule has 0 spiro atoms. The molecule has 3 N–H and O–H groups in total. The van der Waals surface area contributed by atoms with Crippen molar-refractivity contribution < 1.29 is 14.3 Å². The van der Waals surface area contributed by atoms with Gasteiger partial charge in [0, 0.05) is 61.3 Å². The Labute approximate surface area is 247 Å². The highest BCUT2D eigenvalue weighted by Gasteiger charge is 2.22. The number of rotatable bonds is 10. The highest BCUT2D eigenvalue weighted by atomic mass is 16.5. The fourth-order valence-corrected chi connectivity index (χ4v) is 5.45. The number of carbonyl (C=O) groups is 2. The molecule has 0 saturated carbocycles. The summed E-state index contributed by atoms with van der Waals surface area (Å²) in [5.74, 6) is -0.525. The Morgan fingerprint density at radius 1 is 1.02 bits per heavy atom. The van der Waals surface area contributed by atoms with Crippen molar-refractivity contribution in [1.29, 1.82) is 0 Å². The molecule has 0 aliphatic carbocycles. The fraction of sp³-hybridized carbons (Fsp3) is 0.375. The van der Waals surface area contributed by atoms with Crippen LogP contribution in [0.2, 0.25) is 0 Å². The molecule has 0 bridgehead atoms. The van der Waals surface area contributed by atoms with Crippen molar-refractivity contribution in [1.82, 2.24) is 25.4 Å². The van der Waals surface area contributed by atoms with E-state index >= 15 is 0 Å². The summed E-state index contributed by atoms with van der Waals surface area (Å²) in [6.45, 7) is 8.86. The maximum absolute atomic E-state index is 13.3. The van der Waals surface area contributed by atoms with Crippen LogP contribution >= 0.6 is 0 Å². The first-order valence-corrected chi connectivity index (χ1v) is 14.6. The van der Waals surface area contributed by atoms with Crippen LogP contribution in [-0.2, 0) is 30.8 Å². The molecule has 0 atom stereocenters. The molecular weight excluding hydrogens is 527 g/mol. The smallest absolute Gasteiger partial charge is 0.251 e. The lowest BCUT2D eigenvalue weighted by Gasteiger charge is -2.26. The minimum absolute atomic E-state index is 0.261. The number of hydrogen-bond acceptors (Lipinski definition) is 6. The van der Waals surface area contributed by atoms with Crippen molar-refractivity contribution in [2.24, 2.45) is 0 Å². The Morgan fingerprint density at radius 2 is 1.74 bits per heavy atom. The van der Waals surface area contributed by atoms with Crippen molar-refractivity contribution in [3.8, 4) is 0 Å². The first kappa shape index (κ1) is 29.3. The van der Waals surface area contributed by atoms with Gasteiger partial charge in [-0.2, -0.15) is 5.10 Å². The van der Waals surface area contributed by atoms with E-state index in [4.69, 9.17) is 17.6 Å². The van der Waals surface area contributed by atoms with E-state index in [1.165, 1.54) is 0 Å². The Hall–Kier alpha value is -4.18. The van der Waals surface area contributed by atoms with Gasteiger partial charge in [0.15, 0.2) is 5.65 Å². The third-order valence-corrected chi connectivity index (χ3v) is 7.60. The summed E-state index contributed by atoms with van der Waals surface area (Å²) in [5.41, 5.74) is 7.10. The van der Waals surface area contributed by atoms with Crippen molar-refractivity contribution in [3.63, 3.8) is 0 Å². The van der Waals surface area contributed by atoms with E-state index in [9.17, 15) is 9.59 Å². The summed E-state index contributed by atoms with van der Waals surface area (Å²) < 4.78 is 7.46. The second-order valence-corrected chi connectivity index (χ2v) is 10.7. The number of fused-ring (bicyclic) bond motifs is 1. The van der Waals surface area contributed by atoms with E-state index in [0.717, 1.165) is 71.7 Å². The standard InChI is InChI=1S/C32H37BN6O3/c1-4-28-26(29(37-25-9-11-42-12-10-25)27-19-36-39(5-2)30(27)38-28)18-35-32(41)23-8-6-7-22(16-23)31(40)34-17-21-13-20(3)14-24(33)15-21/h6-8,13-16,19,25H,4-5,9-12,17-18H2,1-3H3,(H,34,40)(H,35,41)(H,37,38). The van der Waals surface area contributed by atoms with E-state index < -0.39 is 0 Å². The van der Waals surface area contributed by atoms with Crippen LogP contribution in [0.4, 0.5) is 5.69 Å². The number of pyridine rings is 1. The lowest BCUT2D eigenvalue weighted by molar-refractivity contribution is 0.0904. The predicted molar refractivity (Wildman–Crippen MR) is 165 cm³/mol. The summed E-state index contributed by atoms with van der Waals surface area (Å²) in [6.07, 6.45) is 4.38. The second-order valence-electron chi connectivity index (χ2n) is 10.7. The van der Waals surface area contributed by atoms with Gasteiger partial charge in [-0.1, -0.05) is 42.2 Å². The van der Waals surface area contributed by atoms with Crippen LogP contribution in [0.1, 0.15) is 69.8 Å². The summed E-state index contributed by atoms with van der Waals surface area (Å²) in [4.78, 5) is 31.2. The van der Waals surface area contributed by atoms with Gasteiger partial charge in [-0.3, -0.25) is 9.59 Å². The van der Waals surface area contributed by atoms with E-state index in [1.807, 2.05) is 42.9 Å². The molecule has 2 aromatic heterocycles. The second kappa shape index (κ2) is 13.2. The van der Waals surface area contributed by atoms with Crippen LogP contribution < -0.4 is 21.4 Å². The number of nitrogens with one attached hydrogen (secondary N) is 3. The zero-order valence-electron chi connectivity index (χ0n) is 24.5. The van der Waals surface area contributed by atoms with Crippen LogP contribution in [0, 0.1) is 6.92 Å². The van der Waals surface area contributed by atoms with E-state index in [1.54, 1.807) is 24.3 Å². The number of hydrogen-bond donors (Lipinski definition) is 3. The van der Waals surface area contributed by atoms with Gasteiger partial charge < -0.3 is 20.7 Å². The molecule has 3 heterocycles. The summed E-state index contributed by atoms with van der Waals surface area (Å²) in [5, 5.41) is 15.2. The molecule has 2 amide bonds. The quantitative estimate of drug-likeness (QED) is 0.254. The molecule has 2 radical (unpaired) electrons. The first-order valence-electron chi connectivity index (χ1n) is 14.6. The minimum atomic E-state index is -0.264. The normalized spacial score (nSPS) is 13.7. The molecule has 0 unspecified atom stereocenters. The molecule has 1 aliphatic heterocycles. The molecule has 1 fully saturated rings. The Balaban J connectivity index is 1.34. The van der Waals surface area contributed by atoms with Crippen LogP contribution in [0.3, 0.4) is 0 Å². The predicted octanol–water partition coefficient (Wildman–Crippen LogP) is 3.57. The zero-order chi connectivity index (χ0) is 29.6. The van der Waals surface area contributed by atoms with Crippen molar-refractivity contribution in [2.45, 2.75) is 65.7 Å². The van der Waals surface area contributed by atoms with Crippen LogP contribution in [0.15, 0.2) is 48.7 Å². The number of ether oxygens (including phenoxy) is 1. The highest BCUT2D eigenvalue weighted by molar-refractivity contribution is 6.32. The zero-order valence-corrected chi connectivity index (χ0v) is 24.5. The Morgan fingerprint density at radius 3 is 2.40 bits per heavy atom. The molecule has 42 heavy (non-hydrogen) atoms. The maximum Gasteiger partial charge on any atom is 0.251 e. The van der Waals surface area contributed by atoms with Gasteiger partial charge in [0.25, 0.3) is 11.8 Å². The molecule has 216 valence electrons. The summed E-state index contributed by atoms with van der Waals surface area (Å²) in [6, 6.07) is 12.7. The van der Waals surface area contributed by atoms with Gasteiger partial charge in [0.1, 0.15) is 7.85 Å². The number of amides is 2. The lowest BCUT2D eigenvalue weighted by Crippen LogP contribution is -2.30. The molecule has 5 rings (SSSR count). The van der Waals surface area contributed by atoms with E-state index in [2.05, 4.69) is 28.0 Å². The third kappa shape index (κ3) is 6.65. The van der Waals surface area contributed by atoms with Crippen LogP contribution in [-0.4, -0.2) is 53.7 Å². The van der Waals surface area contributed by atoms with Gasteiger partial charge in [0.05, 0.1) is 17.3 Å². The number of nitrogens with zero attached hydrogens (tertiary/aromatic N) is 3. The summed E-state index contributed by atoms with van der Waals surface area (Å²) >= 11 is 0. The number of benzene rings is 2. The summed E-state index contributed by atoms with van der Waals surface area (Å²) in [7, 11) is 5.94. The molecule has 1 saturated heterocycles. The molecule has 10 heteroatoms. The molecular formula is C32H37BN6O3.